The van der Waals surface area contributed by atoms with Crippen molar-refractivity contribution in [1.29, 1.82) is 0 Å². The Labute approximate surface area is 124 Å². The van der Waals surface area contributed by atoms with Gasteiger partial charge in [-0.3, -0.25) is 0 Å². The largest absolute Gasteiger partial charge is 0.354 e. The summed E-state index contributed by atoms with van der Waals surface area (Å²) in [4.78, 5) is 8.57. The van der Waals surface area contributed by atoms with E-state index in [9.17, 15) is 0 Å². The van der Waals surface area contributed by atoms with Crippen LogP contribution in [0.3, 0.4) is 0 Å². The highest BCUT2D eigenvalue weighted by atomic mass is 35.5. The molecule has 0 radical (unpaired) electrons. The van der Waals surface area contributed by atoms with Crippen LogP contribution >= 0.6 is 11.6 Å². The number of anilines is 3. The molecule has 0 saturated heterocycles. The van der Waals surface area contributed by atoms with Crippen molar-refractivity contribution < 1.29 is 0 Å². The molecule has 20 heavy (non-hydrogen) atoms. The van der Waals surface area contributed by atoms with Crippen LogP contribution in [0.2, 0.25) is 5.02 Å². The van der Waals surface area contributed by atoms with E-state index in [1.807, 2.05) is 6.92 Å². The standard InChI is InChI=1S/C15H19ClN4/c1-4-7-17-15-18-9-12(16)14(20-15)19-13-8-10(2)5-6-11(13)3/h5-6,8-9H,4,7H2,1-3H3,(H2,17,18,19,20). The zero-order chi connectivity index (χ0) is 14.5. The number of rotatable bonds is 5. The molecule has 106 valence electrons. The van der Waals surface area contributed by atoms with Crippen LogP contribution in [-0.2, 0) is 0 Å². The fourth-order valence-electron chi connectivity index (χ4n) is 1.77. The Hall–Kier alpha value is -1.81. The van der Waals surface area contributed by atoms with Gasteiger partial charge in [-0.1, -0.05) is 30.7 Å². The van der Waals surface area contributed by atoms with Crippen LogP contribution in [0.1, 0.15) is 24.5 Å². The second-order valence-corrected chi connectivity index (χ2v) is 5.17. The SMILES string of the molecule is CCCNc1ncc(Cl)c(Nc2cc(C)ccc2C)n1. The van der Waals surface area contributed by atoms with Crippen LogP contribution in [-0.4, -0.2) is 16.5 Å². The summed E-state index contributed by atoms with van der Waals surface area (Å²) in [5.41, 5.74) is 3.34. The van der Waals surface area contributed by atoms with Gasteiger partial charge in [0, 0.05) is 12.2 Å². The monoisotopic (exact) mass is 290 g/mol. The normalized spacial score (nSPS) is 10.4. The number of aryl methyl sites for hydroxylation is 2. The first-order chi connectivity index (χ1) is 9.60. The number of nitrogens with one attached hydrogen (secondary N) is 2. The van der Waals surface area contributed by atoms with E-state index in [0.29, 0.717) is 16.8 Å². The molecule has 0 fully saturated rings. The first-order valence-corrected chi connectivity index (χ1v) is 7.08. The number of hydrogen-bond acceptors (Lipinski definition) is 4. The second kappa shape index (κ2) is 6.57. The Morgan fingerprint density at radius 2 is 2.05 bits per heavy atom. The van der Waals surface area contributed by atoms with E-state index < -0.39 is 0 Å². The molecule has 2 aromatic rings. The van der Waals surface area contributed by atoms with Gasteiger partial charge in [-0.2, -0.15) is 4.98 Å². The summed E-state index contributed by atoms with van der Waals surface area (Å²) in [7, 11) is 0. The molecule has 0 aliphatic carbocycles. The van der Waals surface area contributed by atoms with Gasteiger partial charge >= 0.3 is 0 Å². The van der Waals surface area contributed by atoms with Crippen molar-refractivity contribution >= 4 is 29.1 Å². The van der Waals surface area contributed by atoms with Crippen molar-refractivity contribution in [2.24, 2.45) is 0 Å². The summed E-state index contributed by atoms with van der Waals surface area (Å²) >= 11 is 6.16. The van der Waals surface area contributed by atoms with E-state index in [1.165, 1.54) is 5.56 Å². The second-order valence-electron chi connectivity index (χ2n) is 4.76. The van der Waals surface area contributed by atoms with Gasteiger partial charge in [0.15, 0.2) is 5.82 Å². The van der Waals surface area contributed by atoms with E-state index in [4.69, 9.17) is 11.6 Å². The van der Waals surface area contributed by atoms with Crippen molar-refractivity contribution in [3.8, 4) is 0 Å². The first-order valence-electron chi connectivity index (χ1n) is 6.71. The lowest BCUT2D eigenvalue weighted by molar-refractivity contribution is 0.953. The Kier molecular flexibility index (Phi) is 4.79. The highest BCUT2D eigenvalue weighted by Gasteiger charge is 2.07. The molecule has 0 unspecified atom stereocenters. The third-order valence-corrected chi connectivity index (χ3v) is 3.20. The Bertz CT molecular complexity index is 598. The van der Waals surface area contributed by atoms with Crippen molar-refractivity contribution in [3.05, 3.63) is 40.5 Å². The third-order valence-electron chi connectivity index (χ3n) is 2.92. The highest BCUT2D eigenvalue weighted by Crippen LogP contribution is 2.26. The van der Waals surface area contributed by atoms with Crippen LogP contribution in [0.5, 0.6) is 0 Å². The molecule has 0 amide bonds. The average Bonchev–Trinajstić information content (AvgIpc) is 2.43. The van der Waals surface area contributed by atoms with Crippen LogP contribution in [0.15, 0.2) is 24.4 Å². The maximum absolute atomic E-state index is 6.16. The quantitative estimate of drug-likeness (QED) is 0.861. The van der Waals surface area contributed by atoms with Gasteiger partial charge in [-0.15, -0.1) is 0 Å². The van der Waals surface area contributed by atoms with Gasteiger partial charge in [0.1, 0.15) is 5.02 Å². The summed E-state index contributed by atoms with van der Waals surface area (Å²) in [5, 5.41) is 6.94. The van der Waals surface area contributed by atoms with Gasteiger partial charge in [-0.05, 0) is 37.5 Å². The van der Waals surface area contributed by atoms with Crippen LogP contribution in [0, 0.1) is 13.8 Å². The fourth-order valence-corrected chi connectivity index (χ4v) is 1.91. The maximum atomic E-state index is 6.16. The molecule has 2 N–H and O–H groups in total. The lowest BCUT2D eigenvalue weighted by Crippen LogP contribution is -2.06. The predicted molar refractivity (Wildman–Crippen MR) is 85.0 cm³/mol. The van der Waals surface area contributed by atoms with Crippen LogP contribution < -0.4 is 10.6 Å². The molecular formula is C15H19ClN4. The molecule has 0 spiro atoms. The van der Waals surface area contributed by atoms with Crippen molar-refractivity contribution in [3.63, 3.8) is 0 Å². The molecule has 0 aliphatic rings. The molecule has 1 aromatic carbocycles. The predicted octanol–water partition coefficient (Wildman–Crippen LogP) is 4.31. The summed E-state index contributed by atoms with van der Waals surface area (Å²) in [6, 6.07) is 6.23. The molecule has 1 aromatic heterocycles. The number of aromatic nitrogens is 2. The summed E-state index contributed by atoms with van der Waals surface area (Å²) in [5.74, 6) is 1.21. The van der Waals surface area contributed by atoms with Crippen LogP contribution in [0.4, 0.5) is 17.5 Å². The molecule has 0 aliphatic heterocycles. The maximum Gasteiger partial charge on any atom is 0.224 e. The summed E-state index contributed by atoms with van der Waals surface area (Å²) in [6.45, 7) is 7.04. The topological polar surface area (TPSA) is 49.8 Å². The average molecular weight is 291 g/mol. The van der Waals surface area contributed by atoms with Gasteiger partial charge in [0.2, 0.25) is 5.95 Å². The Morgan fingerprint density at radius 1 is 1.25 bits per heavy atom. The minimum absolute atomic E-state index is 0.507. The zero-order valence-corrected chi connectivity index (χ0v) is 12.8. The molecule has 0 atom stereocenters. The lowest BCUT2D eigenvalue weighted by Gasteiger charge is -2.12. The fraction of sp³-hybridized carbons (Fsp3) is 0.333. The molecule has 0 saturated carbocycles. The summed E-state index contributed by atoms with van der Waals surface area (Å²) in [6.07, 6.45) is 2.63. The van der Waals surface area contributed by atoms with Gasteiger partial charge in [0.05, 0.1) is 6.20 Å². The van der Waals surface area contributed by atoms with E-state index in [0.717, 1.165) is 24.2 Å². The molecule has 2 rings (SSSR count). The van der Waals surface area contributed by atoms with E-state index in [-0.39, 0.29) is 0 Å². The van der Waals surface area contributed by atoms with Crippen molar-refractivity contribution in [2.75, 3.05) is 17.2 Å². The summed E-state index contributed by atoms with van der Waals surface area (Å²) < 4.78 is 0. The minimum Gasteiger partial charge on any atom is -0.354 e. The van der Waals surface area contributed by atoms with Gasteiger partial charge in [0.25, 0.3) is 0 Å². The van der Waals surface area contributed by atoms with Crippen molar-refractivity contribution in [1.82, 2.24) is 9.97 Å². The number of halogens is 1. The van der Waals surface area contributed by atoms with Crippen molar-refractivity contribution in [2.45, 2.75) is 27.2 Å². The molecule has 4 nitrogen and oxygen atoms in total. The number of benzene rings is 1. The molecule has 1 heterocycles. The van der Waals surface area contributed by atoms with Gasteiger partial charge in [-0.25, -0.2) is 4.98 Å². The number of nitrogens with zero attached hydrogens (tertiary/aromatic N) is 2. The van der Waals surface area contributed by atoms with Gasteiger partial charge < -0.3 is 10.6 Å². The van der Waals surface area contributed by atoms with E-state index in [2.05, 4.69) is 52.6 Å². The smallest absolute Gasteiger partial charge is 0.224 e. The molecule has 5 heteroatoms. The van der Waals surface area contributed by atoms with Crippen LogP contribution in [0.25, 0.3) is 0 Å². The Balaban J connectivity index is 2.25. The third kappa shape index (κ3) is 3.61. The lowest BCUT2D eigenvalue weighted by atomic mass is 10.1. The van der Waals surface area contributed by atoms with E-state index >= 15 is 0 Å². The number of hydrogen-bond donors (Lipinski definition) is 2. The van der Waals surface area contributed by atoms with E-state index in [1.54, 1.807) is 6.20 Å². The minimum atomic E-state index is 0.507. The zero-order valence-electron chi connectivity index (χ0n) is 12.0. The Morgan fingerprint density at radius 3 is 2.80 bits per heavy atom. The molecule has 0 bridgehead atoms. The highest BCUT2D eigenvalue weighted by molar-refractivity contribution is 6.32. The molecular weight excluding hydrogens is 272 g/mol. The first kappa shape index (κ1) is 14.6.